The lowest BCUT2D eigenvalue weighted by molar-refractivity contribution is 0.0869. The number of benzene rings is 3. The summed E-state index contributed by atoms with van der Waals surface area (Å²) in [5.41, 5.74) is 3.34. The van der Waals surface area contributed by atoms with Gasteiger partial charge in [0.15, 0.2) is 5.78 Å². The molecule has 0 aliphatic carbocycles. The number of ether oxygens (including phenoxy) is 1. The molecule has 1 saturated heterocycles. The van der Waals surface area contributed by atoms with Crippen molar-refractivity contribution in [2.75, 3.05) is 19.6 Å². The largest absolute Gasteiger partial charge is 0.489 e. The average Bonchev–Trinajstić information content (AvgIpc) is 2.85. The predicted octanol–water partition coefficient (Wildman–Crippen LogP) is 6.04. The Labute approximate surface area is 192 Å². The fourth-order valence-electron chi connectivity index (χ4n) is 4.53. The minimum absolute atomic E-state index is 0.00300. The summed E-state index contributed by atoms with van der Waals surface area (Å²) < 4.78 is 5.84. The van der Waals surface area contributed by atoms with Crippen LogP contribution in [-0.4, -0.2) is 30.3 Å². The highest BCUT2D eigenvalue weighted by atomic mass is 16.5. The van der Waals surface area contributed by atoms with E-state index in [0.29, 0.717) is 6.61 Å². The molecule has 0 amide bonds. The molecule has 1 fully saturated rings. The van der Waals surface area contributed by atoms with Gasteiger partial charge in [0.25, 0.3) is 0 Å². The second-order valence-corrected chi connectivity index (χ2v) is 9.00. The highest BCUT2D eigenvalue weighted by molar-refractivity contribution is 5.97. The molecule has 166 valence electrons. The van der Waals surface area contributed by atoms with Crippen LogP contribution < -0.4 is 4.74 Å². The molecule has 1 aliphatic heterocycles. The van der Waals surface area contributed by atoms with Crippen LogP contribution in [0.15, 0.2) is 84.9 Å². The average molecular weight is 428 g/mol. The number of carbonyl (C=O) groups is 1. The highest BCUT2D eigenvalue weighted by Gasteiger charge is 2.23. The molecule has 0 radical (unpaired) electrons. The number of rotatable bonds is 9. The Bertz CT molecular complexity index is 961. The number of ketones is 1. The number of likely N-dealkylation sites (tertiary alicyclic amines) is 1. The summed E-state index contributed by atoms with van der Waals surface area (Å²) in [6, 6.07) is 28.5. The van der Waals surface area contributed by atoms with Gasteiger partial charge in [-0.2, -0.15) is 0 Å². The maximum atomic E-state index is 12.9. The first-order chi connectivity index (χ1) is 15.7. The van der Waals surface area contributed by atoms with Crippen LogP contribution >= 0.6 is 0 Å². The quantitative estimate of drug-likeness (QED) is 0.390. The lowest BCUT2D eigenvalue weighted by Gasteiger charge is -2.33. The van der Waals surface area contributed by atoms with Crippen LogP contribution in [0.5, 0.6) is 5.75 Å². The first-order valence-electron chi connectivity index (χ1n) is 11.7. The summed E-state index contributed by atoms with van der Waals surface area (Å²) in [5, 5.41) is 0. The molecule has 0 bridgehead atoms. The van der Waals surface area contributed by atoms with Gasteiger partial charge in [0.05, 0.1) is 0 Å². The Balaban J connectivity index is 1.22. The smallest absolute Gasteiger partial charge is 0.166 e. The van der Waals surface area contributed by atoms with Crippen LogP contribution in [-0.2, 0) is 13.0 Å². The number of Topliss-reactive ketones (excluding diaryl/α,β-unsaturated/α-hetero) is 1. The van der Waals surface area contributed by atoms with E-state index in [2.05, 4.69) is 42.2 Å². The summed E-state index contributed by atoms with van der Waals surface area (Å²) >= 11 is 0. The maximum Gasteiger partial charge on any atom is 0.166 e. The predicted molar refractivity (Wildman–Crippen MR) is 130 cm³/mol. The minimum Gasteiger partial charge on any atom is -0.489 e. The minimum atomic E-state index is -0.00300. The Kier molecular flexibility index (Phi) is 7.73. The van der Waals surface area contributed by atoms with E-state index in [9.17, 15) is 4.79 Å². The number of nitrogens with zero attached hydrogens (tertiary/aromatic N) is 1. The van der Waals surface area contributed by atoms with E-state index in [1.54, 1.807) is 0 Å². The molecule has 3 nitrogen and oxygen atoms in total. The third-order valence-corrected chi connectivity index (χ3v) is 6.44. The van der Waals surface area contributed by atoms with Crippen molar-refractivity contribution < 1.29 is 9.53 Å². The molecule has 1 aliphatic rings. The van der Waals surface area contributed by atoms with Gasteiger partial charge in [0, 0.05) is 18.0 Å². The van der Waals surface area contributed by atoms with E-state index < -0.39 is 0 Å². The molecule has 3 heteroatoms. The van der Waals surface area contributed by atoms with Crippen LogP contribution in [0, 0.1) is 11.8 Å². The van der Waals surface area contributed by atoms with Gasteiger partial charge in [0.2, 0.25) is 0 Å². The van der Waals surface area contributed by atoms with Crippen LogP contribution in [0.25, 0.3) is 0 Å². The van der Waals surface area contributed by atoms with Crippen molar-refractivity contribution >= 4 is 5.78 Å². The molecule has 3 aromatic carbocycles. The fourth-order valence-corrected chi connectivity index (χ4v) is 4.53. The van der Waals surface area contributed by atoms with Crippen molar-refractivity contribution in [3.8, 4) is 5.75 Å². The van der Waals surface area contributed by atoms with E-state index in [1.807, 2.05) is 54.6 Å². The zero-order chi connectivity index (χ0) is 22.2. The fraction of sp³-hybridized carbons (Fsp3) is 0.345. The van der Waals surface area contributed by atoms with Gasteiger partial charge < -0.3 is 9.64 Å². The molecular formula is C29H33NO2. The van der Waals surface area contributed by atoms with E-state index in [0.717, 1.165) is 42.4 Å². The third kappa shape index (κ3) is 6.30. The number of piperidine rings is 1. The van der Waals surface area contributed by atoms with Crippen molar-refractivity contribution in [2.24, 2.45) is 11.8 Å². The standard InChI is InChI=1S/C29H33NO2/c1-23(21-30-18-16-25(17-19-30)20-24-8-4-2-5-9-24)29(31)27-12-14-28(15-13-27)32-22-26-10-6-3-7-11-26/h2-15,23,25H,16-22H2,1H3. The summed E-state index contributed by atoms with van der Waals surface area (Å²) in [4.78, 5) is 15.4. The van der Waals surface area contributed by atoms with Gasteiger partial charge in [-0.05, 0) is 73.7 Å². The van der Waals surface area contributed by atoms with Crippen molar-refractivity contribution in [3.63, 3.8) is 0 Å². The molecule has 0 N–H and O–H groups in total. The monoisotopic (exact) mass is 427 g/mol. The Morgan fingerprint density at radius 2 is 1.47 bits per heavy atom. The van der Waals surface area contributed by atoms with Gasteiger partial charge in [-0.15, -0.1) is 0 Å². The molecule has 32 heavy (non-hydrogen) atoms. The van der Waals surface area contributed by atoms with Gasteiger partial charge in [-0.1, -0.05) is 67.6 Å². The van der Waals surface area contributed by atoms with Crippen molar-refractivity contribution in [3.05, 3.63) is 102 Å². The van der Waals surface area contributed by atoms with Crippen LogP contribution in [0.1, 0.15) is 41.3 Å². The van der Waals surface area contributed by atoms with E-state index in [4.69, 9.17) is 4.74 Å². The summed E-state index contributed by atoms with van der Waals surface area (Å²) in [6.45, 7) is 5.59. The SMILES string of the molecule is CC(CN1CCC(Cc2ccccc2)CC1)C(=O)c1ccc(OCc2ccccc2)cc1. The Morgan fingerprint density at radius 1 is 0.875 bits per heavy atom. The second-order valence-electron chi connectivity index (χ2n) is 9.00. The molecular weight excluding hydrogens is 394 g/mol. The third-order valence-electron chi connectivity index (χ3n) is 6.44. The molecule has 1 unspecified atom stereocenters. The van der Waals surface area contributed by atoms with Gasteiger partial charge >= 0.3 is 0 Å². The van der Waals surface area contributed by atoms with Crippen LogP contribution in [0.2, 0.25) is 0 Å². The lowest BCUT2D eigenvalue weighted by Crippen LogP contribution is -2.38. The zero-order valence-corrected chi connectivity index (χ0v) is 19.0. The van der Waals surface area contributed by atoms with Gasteiger partial charge in [-0.25, -0.2) is 0 Å². The molecule has 3 aromatic rings. The van der Waals surface area contributed by atoms with E-state index >= 15 is 0 Å². The molecule has 4 rings (SSSR count). The van der Waals surface area contributed by atoms with Gasteiger partial charge in [0.1, 0.15) is 12.4 Å². The maximum absolute atomic E-state index is 12.9. The van der Waals surface area contributed by atoms with Crippen molar-refractivity contribution in [2.45, 2.75) is 32.8 Å². The molecule has 1 atom stereocenters. The Hall–Kier alpha value is -2.91. The second kappa shape index (κ2) is 11.1. The summed E-state index contributed by atoms with van der Waals surface area (Å²) in [7, 11) is 0. The first kappa shape index (κ1) is 22.3. The molecule has 1 heterocycles. The Morgan fingerprint density at radius 3 is 2.09 bits per heavy atom. The van der Waals surface area contributed by atoms with E-state index in [-0.39, 0.29) is 11.7 Å². The normalized spacial score (nSPS) is 15.9. The van der Waals surface area contributed by atoms with Crippen molar-refractivity contribution in [1.82, 2.24) is 4.90 Å². The molecule has 0 saturated carbocycles. The summed E-state index contributed by atoms with van der Waals surface area (Å²) in [5.74, 6) is 1.75. The number of hydrogen-bond acceptors (Lipinski definition) is 3. The van der Waals surface area contributed by atoms with Crippen LogP contribution in [0.4, 0.5) is 0 Å². The first-order valence-corrected chi connectivity index (χ1v) is 11.7. The molecule has 0 spiro atoms. The van der Waals surface area contributed by atoms with E-state index in [1.165, 1.54) is 24.8 Å². The molecule has 0 aromatic heterocycles. The lowest BCUT2D eigenvalue weighted by atomic mass is 9.89. The summed E-state index contributed by atoms with van der Waals surface area (Å²) in [6.07, 6.45) is 3.59. The van der Waals surface area contributed by atoms with Crippen molar-refractivity contribution in [1.29, 1.82) is 0 Å². The zero-order valence-electron chi connectivity index (χ0n) is 19.0. The number of hydrogen-bond donors (Lipinski definition) is 0. The number of carbonyl (C=O) groups excluding carboxylic acids is 1. The van der Waals surface area contributed by atoms with Crippen LogP contribution in [0.3, 0.4) is 0 Å². The van der Waals surface area contributed by atoms with Gasteiger partial charge in [-0.3, -0.25) is 4.79 Å². The highest BCUT2D eigenvalue weighted by Crippen LogP contribution is 2.23. The topological polar surface area (TPSA) is 29.5 Å².